The predicted molar refractivity (Wildman–Crippen MR) is 141 cm³/mol. The van der Waals surface area contributed by atoms with Gasteiger partial charge in [0.25, 0.3) is 0 Å². The highest BCUT2D eigenvalue weighted by atomic mass is 32.1. The number of hydrogen-bond donors (Lipinski definition) is 3. The van der Waals surface area contributed by atoms with Crippen LogP contribution in [0.5, 0.6) is 0 Å². The molecule has 0 aliphatic rings. The highest BCUT2D eigenvalue weighted by molar-refractivity contribution is 7.14. The lowest BCUT2D eigenvalue weighted by Crippen LogP contribution is -2.13. The minimum Gasteiger partial charge on any atom is -0.335 e. The minimum absolute atomic E-state index is 0.0569. The summed E-state index contributed by atoms with van der Waals surface area (Å²) in [5.41, 5.74) is 5.56. The third-order valence-corrected chi connectivity index (χ3v) is 6.72. The van der Waals surface area contributed by atoms with E-state index in [4.69, 9.17) is 4.98 Å². The molecule has 37 heavy (non-hydrogen) atoms. The van der Waals surface area contributed by atoms with Gasteiger partial charge in [0, 0.05) is 40.2 Å². The van der Waals surface area contributed by atoms with Crippen LogP contribution in [0.2, 0.25) is 0 Å². The summed E-state index contributed by atoms with van der Waals surface area (Å²) in [6.07, 6.45) is 8.82. The van der Waals surface area contributed by atoms with Gasteiger partial charge in [-0.25, -0.2) is 4.98 Å². The van der Waals surface area contributed by atoms with Crippen molar-refractivity contribution >= 4 is 44.9 Å². The molecular weight excluding hydrogens is 491 g/mol. The van der Waals surface area contributed by atoms with Gasteiger partial charge in [-0.3, -0.25) is 24.8 Å². The van der Waals surface area contributed by atoms with Gasteiger partial charge in [0.15, 0.2) is 11.0 Å². The van der Waals surface area contributed by atoms with Crippen LogP contribution in [0.4, 0.5) is 10.1 Å². The van der Waals surface area contributed by atoms with Gasteiger partial charge >= 0.3 is 0 Å². The first-order chi connectivity index (χ1) is 17.9. The fourth-order valence-corrected chi connectivity index (χ4v) is 4.91. The summed E-state index contributed by atoms with van der Waals surface area (Å²) in [6, 6.07) is 6.91. The zero-order chi connectivity index (χ0) is 25.5. The second-order valence-corrected chi connectivity index (χ2v) is 10.1. The number of H-pyrrole nitrogens is 2. The maximum Gasteiger partial charge on any atom is 0.224 e. The Morgan fingerprint density at radius 3 is 2.76 bits per heavy atom. The van der Waals surface area contributed by atoms with Crippen LogP contribution >= 0.6 is 11.3 Å². The Balaban J connectivity index is 1.38. The van der Waals surface area contributed by atoms with Crippen molar-refractivity contribution in [1.29, 1.82) is 0 Å². The summed E-state index contributed by atoms with van der Waals surface area (Å²) in [7, 11) is 0. The van der Waals surface area contributed by atoms with E-state index in [0.29, 0.717) is 34.8 Å². The third-order valence-electron chi connectivity index (χ3n) is 5.82. The van der Waals surface area contributed by atoms with Crippen molar-refractivity contribution in [3.8, 4) is 33.2 Å². The van der Waals surface area contributed by atoms with E-state index in [2.05, 4.69) is 35.5 Å². The van der Waals surface area contributed by atoms with Crippen molar-refractivity contribution in [3.05, 3.63) is 60.4 Å². The Hall–Kier alpha value is -4.51. The van der Waals surface area contributed by atoms with E-state index in [1.807, 2.05) is 26.0 Å². The fraction of sp³-hybridized carbons (Fsp3) is 0.154. The highest BCUT2D eigenvalue weighted by Crippen LogP contribution is 2.34. The van der Waals surface area contributed by atoms with E-state index in [-0.39, 0.29) is 17.0 Å². The maximum absolute atomic E-state index is 13.7. The highest BCUT2D eigenvalue weighted by Gasteiger charge is 2.17. The van der Waals surface area contributed by atoms with Crippen LogP contribution in [-0.4, -0.2) is 41.0 Å². The van der Waals surface area contributed by atoms with Crippen LogP contribution in [0, 0.1) is 11.0 Å². The van der Waals surface area contributed by atoms with Gasteiger partial charge in [-0.1, -0.05) is 13.8 Å². The molecular formula is C26H21FN8OS. The summed E-state index contributed by atoms with van der Waals surface area (Å²) in [4.78, 5) is 34.2. The monoisotopic (exact) mass is 512 g/mol. The van der Waals surface area contributed by atoms with Gasteiger partial charge in [0.2, 0.25) is 5.91 Å². The molecule has 11 heteroatoms. The molecule has 0 bridgehead atoms. The van der Waals surface area contributed by atoms with Crippen molar-refractivity contribution in [2.45, 2.75) is 20.3 Å². The summed E-state index contributed by atoms with van der Waals surface area (Å²) in [6.45, 7) is 3.99. The second-order valence-electron chi connectivity index (χ2n) is 9.07. The van der Waals surface area contributed by atoms with Crippen LogP contribution in [0.3, 0.4) is 0 Å². The number of halogens is 1. The number of fused-ring (bicyclic) bond motifs is 2. The normalized spacial score (nSPS) is 11.6. The minimum atomic E-state index is -0.265. The van der Waals surface area contributed by atoms with E-state index in [0.717, 1.165) is 43.8 Å². The Morgan fingerprint density at radius 1 is 1.08 bits per heavy atom. The van der Waals surface area contributed by atoms with Gasteiger partial charge in [-0.05, 0) is 30.2 Å². The first-order valence-electron chi connectivity index (χ1n) is 11.6. The Kier molecular flexibility index (Phi) is 5.68. The van der Waals surface area contributed by atoms with Crippen LogP contribution in [0.15, 0.2) is 55.2 Å². The molecule has 9 nitrogen and oxygen atoms in total. The quantitative estimate of drug-likeness (QED) is 0.259. The summed E-state index contributed by atoms with van der Waals surface area (Å²) in [5.74, 6) is 0.757. The molecule has 6 aromatic rings. The van der Waals surface area contributed by atoms with Crippen molar-refractivity contribution in [2.75, 3.05) is 5.32 Å². The number of nitrogens with zero attached hydrogens (tertiary/aromatic N) is 5. The number of hydrogen-bond acceptors (Lipinski definition) is 7. The molecule has 1 amide bonds. The van der Waals surface area contributed by atoms with E-state index >= 15 is 0 Å². The van der Waals surface area contributed by atoms with E-state index in [9.17, 15) is 9.18 Å². The number of aromatic nitrogens is 7. The molecule has 0 aliphatic carbocycles. The largest absolute Gasteiger partial charge is 0.335 e. The molecule has 0 fully saturated rings. The molecule has 0 atom stereocenters. The Labute approximate surface area is 214 Å². The van der Waals surface area contributed by atoms with Gasteiger partial charge in [-0.2, -0.15) is 9.49 Å². The summed E-state index contributed by atoms with van der Waals surface area (Å²) < 4.78 is 13.7. The number of rotatable bonds is 6. The predicted octanol–water partition coefficient (Wildman–Crippen LogP) is 5.81. The van der Waals surface area contributed by atoms with Crippen LogP contribution in [0.25, 0.3) is 55.2 Å². The summed E-state index contributed by atoms with van der Waals surface area (Å²) in [5, 5.41) is 10.9. The first kappa shape index (κ1) is 22.9. The maximum atomic E-state index is 13.7. The average Bonchev–Trinajstić information content (AvgIpc) is 3.60. The van der Waals surface area contributed by atoms with Gasteiger partial charge in [0.05, 0.1) is 41.0 Å². The fourth-order valence-electron chi connectivity index (χ4n) is 4.17. The molecule has 0 saturated carbocycles. The summed E-state index contributed by atoms with van der Waals surface area (Å²) >= 11 is 1.05. The molecule has 0 aromatic carbocycles. The molecule has 6 heterocycles. The number of carbonyl (C=O) groups is 1. The molecule has 3 N–H and O–H groups in total. The van der Waals surface area contributed by atoms with E-state index in [1.165, 1.54) is 6.07 Å². The molecule has 6 rings (SSSR count). The lowest BCUT2D eigenvalue weighted by atomic mass is 10.1. The molecule has 0 saturated heterocycles. The van der Waals surface area contributed by atoms with Crippen molar-refractivity contribution < 1.29 is 9.18 Å². The lowest BCUT2D eigenvalue weighted by Gasteiger charge is -2.08. The van der Waals surface area contributed by atoms with Crippen molar-refractivity contribution in [2.24, 2.45) is 5.92 Å². The number of anilines is 1. The van der Waals surface area contributed by atoms with Gasteiger partial charge < -0.3 is 10.3 Å². The zero-order valence-corrected chi connectivity index (χ0v) is 20.7. The third kappa shape index (κ3) is 4.45. The molecule has 0 aliphatic heterocycles. The topological polar surface area (TPSA) is 125 Å². The average molecular weight is 513 g/mol. The standard InChI is InChI=1S/C26H21FN8OS/c1-13(2)5-23(36)31-15-6-14(8-28-9-15)18-7-16-19(12-30-18)34-35-25(16)26-32-20-11-29-10-17(24(20)33-26)21-3-4-22(27)37-21/h3-4,6-13H,5H2,1-2H3,(H,31,36)(H,32,33)(H,34,35). The van der Waals surface area contributed by atoms with E-state index in [1.54, 1.807) is 37.1 Å². The number of pyridine rings is 3. The van der Waals surface area contributed by atoms with Gasteiger partial charge in [0.1, 0.15) is 11.2 Å². The Morgan fingerprint density at radius 2 is 1.95 bits per heavy atom. The molecule has 0 radical (unpaired) electrons. The second kappa shape index (κ2) is 9.17. The first-order valence-corrected chi connectivity index (χ1v) is 12.5. The number of thiophene rings is 1. The number of amides is 1. The number of aromatic amines is 2. The van der Waals surface area contributed by atoms with Gasteiger partial charge in [-0.15, -0.1) is 11.3 Å². The number of carbonyl (C=O) groups excluding carboxylic acids is 1. The number of nitrogens with one attached hydrogen (secondary N) is 3. The van der Waals surface area contributed by atoms with Crippen LogP contribution in [-0.2, 0) is 4.79 Å². The lowest BCUT2D eigenvalue weighted by molar-refractivity contribution is -0.116. The SMILES string of the molecule is CC(C)CC(=O)Nc1cncc(-c2cc3c(-c4nc5c(-c6ccc(F)s6)cncc5[nH]4)n[nH]c3cn2)c1. The van der Waals surface area contributed by atoms with Crippen molar-refractivity contribution in [1.82, 2.24) is 35.1 Å². The van der Waals surface area contributed by atoms with Crippen LogP contribution in [0.1, 0.15) is 20.3 Å². The molecule has 0 unspecified atom stereocenters. The zero-order valence-electron chi connectivity index (χ0n) is 19.9. The number of imidazole rings is 1. The molecule has 184 valence electrons. The Bertz CT molecular complexity index is 1770. The van der Waals surface area contributed by atoms with E-state index < -0.39 is 0 Å². The van der Waals surface area contributed by atoms with Crippen LogP contribution < -0.4 is 5.32 Å². The molecule has 0 spiro atoms. The van der Waals surface area contributed by atoms with Crippen molar-refractivity contribution in [3.63, 3.8) is 0 Å². The molecule has 6 aromatic heterocycles. The smallest absolute Gasteiger partial charge is 0.224 e.